The van der Waals surface area contributed by atoms with Gasteiger partial charge >= 0.3 is 0 Å². The highest BCUT2D eigenvalue weighted by atomic mass is 16.5. The van der Waals surface area contributed by atoms with Gasteiger partial charge in [0, 0.05) is 24.1 Å². The summed E-state index contributed by atoms with van der Waals surface area (Å²) in [5.41, 5.74) is 9.50. The molecule has 0 unspecified atom stereocenters. The van der Waals surface area contributed by atoms with Crippen molar-refractivity contribution in [3.63, 3.8) is 0 Å². The molecule has 3 rings (SSSR count). The van der Waals surface area contributed by atoms with Crippen LogP contribution in [0.2, 0.25) is 0 Å². The molecule has 6 nitrogen and oxygen atoms in total. The van der Waals surface area contributed by atoms with Crippen molar-refractivity contribution in [3.05, 3.63) is 53.1 Å². The molecule has 2 N–H and O–H groups in total. The standard InChI is InChI=1S/C17H20N4O2/c1-11-4-3-5-19-16(11)17(22)21-6-7-23-15(10-21)14-9-13(18)8-12(2)20-14/h3-5,8-9,15H,6-7,10H2,1-2H3,(H2,18,20)/t15-/m0/s1. The first-order valence-electron chi connectivity index (χ1n) is 7.61. The molecule has 2 aromatic heterocycles. The Morgan fingerprint density at radius 3 is 2.96 bits per heavy atom. The topological polar surface area (TPSA) is 81.3 Å². The van der Waals surface area contributed by atoms with E-state index in [1.54, 1.807) is 17.2 Å². The summed E-state index contributed by atoms with van der Waals surface area (Å²) in [6.07, 6.45) is 1.37. The van der Waals surface area contributed by atoms with Gasteiger partial charge in [0.15, 0.2) is 0 Å². The second-order valence-corrected chi connectivity index (χ2v) is 5.75. The average molecular weight is 312 g/mol. The first kappa shape index (κ1) is 15.4. The maximum Gasteiger partial charge on any atom is 0.272 e. The summed E-state index contributed by atoms with van der Waals surface area (Å²) in [6, 6.07) is 7.33. The molecule has 1 fully saturated rings. The van der Waals surface area contributed by atoms with E-state index in [-0.39, 0.29) is 12.0 Å². The number of nitrogen functional groups attached to an aromatic ring is 1. The lowest BCUT2D eigenvalue weighted by Gasteiger charge is -2.32. The smallest absolute Gasteiger partial charge is 0.272 e. The minimum atomic E-state index is -0.265. The monoisotopic (exact) mass is 312 g/mol. The van der Waals surface area contributed by atoms with Gasteiger partial charge in [0.05, 0.1) is 18.8 Å². The van der Waals surface area contributed by atoms with Crippen LogP contribution in [0.25, 0.3) is 0 Å². The van der Waals surface area contributed by atoms with Crippen LogP contribution >= 0.6 is 0 Å². The van der Waals surface area contributed by atoms with Crippen LogP contribution in [-0.2, 0) is 4.74 Å². The lowest BCUT2D eigenvalue weighted by molar-refractivity contribution is -0.0249. The van der Waals surface area contributed by atoms with Crippen molar-refractivity contribution < 1.29 is 9.53 Å². The Balaban J connectivity index is 1.81. The largest absolute Gasteiger partial charge is 0.399 e. The molecule has 1 saturated heterocycles. The molecule has 0 saturated carbocycles. The molecule has 120 valence electrons. The van der Waals surface area contributed by atoms with Gasteiger partial charge in [0.25, 0.3) is 5.91 Å². The zero-order valence-corrected chi connectivity index (χ0v) is 13.3. The van der Waals surface area contributed by atoms with Gasteiger partial charge in [-0.2, -0.15) is 0 Å². The molecule has 0 spiro atoms. The number of aryl methyl sites for hydroxylation is 2. The Morgan fingerprint density at radius 1 is 1.39 bits per heavy atom. The molecule has 0 aromatic carbocycles. The van der Waals surface area contributed by atoms with E-state index in [0.29, 0.717) is 31.1 Å². The molecule has 0 radical (unpaired) electrons. The summed E-state index contributed by atoms with van der Waals surface area (Å²) in [6.45, 7) is 5.25. The fraction of sp³-hybridized carbons (Fsp3) is 0.353. The van der Waals surface area contributed by atoms with E-state index in [1.165, 1.54) is 0 Å². The normalized spacial score (nSPS) is 18.0. The number of aromatic nitrogens is 2. The van der Waals surface area contributed by atoms with Crippen molar-refractivity contribution in [1.29, 1.82) is 0 Å². The number of nitrogens with zero attached hydrogens (tertiary/aromatic N) is 3. The number of rotatable bonds is 2. The first-order valence-corrected chi connectivity index (χ1v) is 7.61. The molecule has 1 aliphatic heterocycles. The van der Waals surface area contributed by atoms with Crippen molar-refractivity contribution in [2.75, 3.05) is 25.4 Å². The van der Waals surface area contributed by atoms with Crippen LogP contribution < -0.4 is 5.73 Å². The third-order valence-corrected chi connectivity index (χ3v) is 3.89. The van der Waals surface area contributed by atoms with Gasteiger partial charge in [0.1, 0.15) is 11.8 Å². The molecule has 6 heteroatoms. The number of anilines is 1. The molecule has 23 heavy (non-hydrogen) atoms. The third-order valence-electron chi connectivity index (χ3n) is 3.89. The van der Waals surface area contributed by atoms with Crippen molar-refractivity contribution in [2.24, 2.45) is 0 Å². The van der Waals surface area contributed by atoms with Crippen molar-refractivity contribution in [1.82, 2.24) is 14.9 Å². The van der Waals surface area contributed by atoms with E-state index in [0.717, 1.165) is 17.0 Å². The highest BCUT2D eigenvalue weighted by Crippen LogP contribution is 2.24. The quantitative estimate of drug-likeness (QED) is 0.916. The molecular weight excluding hydrogens is 292 g/mol. The van der Waals surface area contributed by atoms with Crippen LogP contribution in [0.3, 0.4) is 0 Å². The molecule has 3 heterocycles. The molecule has 1 atom stereocenters. The number of hydrogen-bond donors (Lipinski definition) is 1. The van der Waals surface area contributed by atoms with E-state index in [4.69, 9.17) is 10.5 Å². The number of ether oxygens (including phenoxy) is 1. The summed E-state index contributed by atoms with van der Waals surface area (Å²) in [7, 11) is 0. The number of nitrogens with two attached hydrogens (primary N) is 1. The fourth-order valence-electron chi connectivity index (χ4n) is 2.76. The molecule has 0 aliphatic carbocycles. The Labute approximate surface area is 135 Å². The van der Waals surface area contributed by atoms with Gasteiger partial charge in [-0.3, -0.25) is 14.8 Å². The molecule has 1 amide bonds. The van der Waals surface area contributed by atoms with Crippen molar-refractivity contribution in [3.8, 4) is 0 Å². The first-order chi connectivity index (χ1) is 11.0. The maximum atomic E-state index is 12.7. The van der Waals surface area contributed by atoms with Crippen molar-refractivity contribution >= 4 is 11.6 Å². The van der Waals surface area contributed by atoms with Crippen LogP contribution in [-0.4, -0.2) is 40.5 Å². The van der Waals surface area contributed by atoms with Crippen molar-refractivity contribution in [2.45, 2.75) is 20.0 Å². The molecule has 0 bridgehead atoms. The summed E-state index contributed by atoms with van der Waals surface area (Å²) in [4.78, 5) is 23.2. The number of amides is 1. The third kappa shape index (κ3) is 3.32. The number of pyridine rings is 2. The van der Waals surface area contributed by atoms with Crippen LogP contribution in [0, 0.1) is 13.8 Å². The average Bonchev–Trinajstić information content (AvgIpc) is 2.54. The minimum Gasteiger partial charge on any atom is -0.399 e. The lowest BCUT2D eigenvalue weighted by Crippen LogP contribution is -2.43. The Hall–Kier alpha value is -2.47. The van der Waals surface area contributed by atoms with E-state index in [2.05, 4.69) is 9.97 Å². The second-order valence-electron chi connectivity index (χ2n) is 5.75. The maximum absolute atomic E-state index is 12.7. The zero-order valence-electron chi connectivity index (χ0n) is 13.3. The second kappa shape index (κ2) is 6.34. The SMILES string of the molecule is Cc1cc(N)cc([C@@H]2CN(C(=O)c3ncccc3C)CCO2)n1. The highest BCUT2D eigenvalue weighted by Gasteiger charge is 2.28. The van der Waals surface area contributed by atoms with Gasteiger partial charge in [-0.15, -0.1) is 0 Å². The number of morpholine rings is 1. The molecule has 2 aromatic rings. The van der Waals surface area contributed by atoms with Gasteiger partial charge in [-0.05, 0) is 37.6 Å². The Bertz CT molecular complexity index is 712. The lowest BCUT2D eigenvalue weighted by atomic mass is 10.1. The van der Waals surface area contributed by atoms with E-state index >= 15 is 0 Å². The molecule has 1 aliphatic rings. The van der Waals surface area contributed by atoms with E-state index in [9.17, 15) is 4.79 Å². The van der Waals surface area contributed by atoms with Gasteiger partial charge < -0.3 is 15.4 Å². The van der Waals surface area contributed by atoms with Crippen LogP contribution in [0.4, 0.5) is 5.69 Å². The highest BCUT2D eigenvalue weighted by molar-refractivity contribution is 5.93. The zero-order chi connectivity index (χ0) is 16.4. The van der Waals surface area contributed by atoms with Gasteiger partial charge in [-0.1, -0.05) is 6.07 Å². The van der Waals surface area contributed by atoms with Gasteiger partial charge in [-0.25, -0.2) is 0 Å². The number of hydrogen-bond acceptors (Lipinski definition) is 5. The Morgan fingerprint density at radius 2 is 2.22 bits per heavy atom. The van der Waals surface area contributed by atoms with Crippen LogP contribution in [0.5, 0.6) is 0 Å². The Kier molecular flexibility index (Phi) is 4.25. The van der Waals surface area contributed by atoms with E-state index in [1.807, 2.05) is 32.0 Å². The van der Waals surface area contributed by atoms with E-state index < -0.39 is 0 Å². The minimum absolute atomic E-state index is 0.0722. The molecular formula is C17H20N4O2. The van der Waals surface area contributed by atoms with Crippen LogP contribution in [0.15, 0.2) is 30.5 Å². The summed E-state index contributed by atoms with van der Waals surface area (Å²) in [5, 5.41) is 0. The summed E-state index contributed by atoms with van der Waals surface area (Å²) >= 11 is 0. The predicted molar refractivity (Wildman–Crippen MR) is 87.0 cm³/mol. The predicted octanol–water partition coefficient (Wildman–Crippen LogP) is 1.89. The summed E-state index contributed by atoms with van der Waals surface area (Å²) < 4.78 is 5.79. The number of carbonyl (C=O) groups is 1. The fourth-order valence-corrected chi connectivity index (χ4v) is 2.76. The summed E-state index contributed by atoms with van der Waals surface area (Å²) in [5.74, 6) is -0.0722. The number of carbonyl (C=O) groups excluding carboxylic acids is 1. The van der Waals surface area contributed by atoms with Gasteiger partial charge in [0.2, 0.25) is 0 Å². The van der Waals surface area contributed by atoms with Crippen LogP contribution in [0.1, 0.15) is 33.5 Å².